The molecule has 2 aromatic rings. The Hall–Kier alpha value is -2.12. The molecule has 0 spiro atoms. The van der Waals surface area contributed by atoms with Crippen molar-refractivity contribution in [3.63, 3.8) is 0 Å². The van der Waals surface area contributed by atoms with Gasteiger partial charge in [-0.15, -0.1) is 0 Å². The van der Waals surface area contributed by atoms with Crippen LogP contribution < -0.4 is 5.32 Å². The summed E-state index contributed by atoms with van der Waals surface area (Å²) in [7, 11) is 0. The third-order valence-corrected chi connectivity index (χ3v) is 4.66. The number of halogens is 2. The molecule has 0 radical (unpaired) electrons. The number of hydrogen-bond acceptors (Lipinski definition) is 5. The summed E-state index contributed by atoms with van der Waals surface area (Å²) in [5.74, 6) is -0.631. The fourth-order valence-corrected chi connectivity index (χ4v) is 3.71. The molecular weight excluding hydrogens is 350 g/mol. The third kappa shape index (κ3) is 4.78. The second-order valence-electron chi connectivity index (χ2n) is 7.22. The van der Waals surface area contributed by atoms with Gasteiger partial charge in [-0.2, -0.15) is 0 Å². The zero-order chi connectivity index (χ0) is 19.6. The number of benzene rings is 1. The summed E-state index contributed by atoms with van der Waals surface area (Å²) in [6.45, 7) is 9.20. The van der Waals surface area contributed by atoms with Crippen molar-refractivity contribution in [1.82, 2.24) is 14.9 Å². The number of aromatic nitrogens is 2. The molecule has 0 saturated carbocycles. The first-order chi connectivity index (χ1) is 12.8. The second kappa shape index (κ2) is 8.27. The van der Waals surface area contributed by atoms with Crippen molar-refractivity contribution in [3.05, 3.63) is 52.9 Å². The Morgan fingerprint density at radius 3 is 2.22 bits per heavy atom. The molecule has 2 heterocycles. The van der Waals surface area contributed by atoms with Crippen molar-refractivity contribution < 1.29 is 13.5 Å². The van der Waals surface area contributed by atoms with E-state index >= 15 is 0 Å². The average Bonchev–Trinajstić information content (AvgIpc) is 2.55. The molecule has 0 bridgehead atoms. The van der Waals surface area contributed by atoms with Crippen molar-refractivity contribution in [3.8, 4) is 0 Å². The lowest BCUT2D eigenvalue weighted by Gasteiger charge is -2.40. The van der Waals surface area contributed by atoms with Gasteiger partial charge in [-0.1, -0.05) is 6.07 Å². The third-order valence-electron chi connectivity index (χ3n) is 4.66. The van der Waals surface area contributed by atoms with Crippen LogP contribution in [0, 0.1) is 25.5 Å². The Morgan fingerprint density at radius 2 is 1.67 bits per heavy atom. The molecule has 1 aliphatic heterocycles. The van der Waals surface area contributed by atoms with Crippen LogP contribution in [-0.2, 0) is 4.74 Å². The summed E-state index contributed by atoms with van der Waals surface area (Å²) in [5.41, 5.74) is 1.75. The minimum Gasteiger partial charge on any atom is -0.373 e. The number of nitrogens with zero attached hydrogens (tertiary/aromatic N) is 3. The summed E-state index contributed by atoms with van der Waals surface area (Å²) in [6.07, 6.45) is -0.0212. The summed E-state index contributed by atoms with van der Waals surface area (Å²) in [6, 6.07) is 5.36. The van der Waals surface area contributed by atoms with Gasteiger partial charge in [0.05, 0.1) is 18.2 Å². The van der Waals surface area contributed by atoms with Crippen LogP contribution in [0.4, 0.5) is 14.7 Å². The Kier molecular flexibility index (Phi) is 6.01. The van der Waals surface area contributed by atoms with E-state index in [4.69, 9.17) is 4.74 Å². The van der Waals surface area contributed by atoms with Crippen molar-refractivity contribution in [2.75, 3.05) is 25.0 Å². The molecule has 3 unspecified atom stereocenters. The zero-order valence-corrected chi connectivity index (χ0v) is 16.2. The number of nitrogens with one attached hydrogen (secondary N) is 1. The maximum Gasteiger partial charge on any atom is 0.223 e. The van der Waals surface area contributed by atoms with E-state index in [-0.39, 0.29) is 17.8 Å². The van der Waals surface area contributed by atoms with Gasteiger partial charge in [0.1, 0.15) is 11.6 Å². The molecule has 27 heavy (non-hydrogen) atoms. The highest BCUT2D eigenvalue weighted by molar-refractivity contribution is 5.31. The molecule has 5 nitrogen and oxygen atoms in total. The highest BCUT2D eigenvalue weighted by atomic mass is 19.1. The van der Waals surface area contributed by atoms with Crippen LogP contribution in [0.2, 0.25) is 0 Å². The first-order valence-electron chi connectivity index (χ1n) is 9.23. The van der Waals surface area contributed by atoms with E-state index in [1.165, 1.54) is 18.2 Å². The van der Waals surface area contributed by atoms with Gasteiger partial charge in [0.25, 0.3) is 0 Å². The monoisotopic (exact) mass is 376 g/mol. The van der Waals surface area contributed by atoms with E-state index in [1.54, 1.807) is 0 Å². The normalized spacial score (nSPS) is 21.9. The topological polar surface area (TPSA) is 50.3 Å². The molecule has 146 valence electrons. The fourth-order valence-electron chi connectivity index (χ4n) is 3.71. The number of morpholine rings is 1. The Morgan fingerprint density at radius 1 is 1.11 bits per heavy atom. The van der Waals surface area contributed by atoms with Crippen LogP contribution in [0.5, 0.6) is 0 Å². The van der Waals surface area contributed by atoms with Crippen LogP contribution >= 0.6 is 0 Å². The van der Waals surface area contributed by atoms with Gasteiger partial charge < -0.3 is 10.1 Å². The van der Waals surface area contributed by atoms with Crippen molar-refractivity contribution >= 4 is 5.95 Å². The predicted molar refractivity (Wildman–Crippen MR) is 101 cm³/mol. The number of aryl methyl sites for hydroxylation is 2. The lowest BCUT2D eigenvalue weighted by Crippen LogP contribution is -2.48. The number of hydrogen-bond donors (Lipinski definition) is 1. The summed E-state index contributed by atoms with van der Waals surface area (Å²) in [5, 5.41) is 3.17. The van der Waals surface area contributed by atoms with Gasteiger partial charge in [-0.05, 0) is 45.9 Å². The predicted octanol–water partition coefficient (Wildman–Crippen LogP) is 3.63. The largest absolute Gasteiger partial charge is 0.373 e. The summed E-state index contributed by atoms with van der Waals surface area (Å²) < 4.78 is 34.9. The molecule has 1 aliphatic rings. The molecule has 7 heteroatoms. The average molecular weight is 376 g/mol. The van der Waals surface area contributed by atoms with Crippen LogP contribution in [0.25, 0.3) is 0 Å². The minimum absolute atomic E-state index is 0.0106. The maximum atomic E-state index is 14.5. The van der Waals surface area contributed by atoms with Gasteiger partial charge in [0.2, 0.25) is 5.95 Å². The van der Waals surface area contributed by atoms with Gasteiger partial charge in [-0.3, -0.25) is 4.90 Å². The van der Waals surface area contributed by atoms with Crippen LogP contribution in [0.15, 0.2) is 24.3 Å². The van der Waals surface area contributed by atoms with Crippen LogP contribution in [-0.4, -0.2) is 46.7 Å². The smallest absolute Gasteiger partial charge is 0.223 e. The van der Waals surface area contributed by atoms with E-state index in [1.807, 2.05) is 33.8 Å². The highest BCUT2D eigenvalue weighted by Gasteiger charge is 2.32. The van der Waals surface area contributed by atoms with E-state index in [0.29, 0.717) is 25.6 Å². The summed E-state index contributed by atoms with van der Waals surface area (Å²) in [4.78, 5) is 10.8. The first kappa shape index (κ1) is 19.6. The second-order valence-corrected chi connectivity index (χ2v) is 7.22. The van der Waals surface area contributed by atoms with Crippen molar-refractivity contribution in [1.29, 1.82) is 0 Å². The Bertz CT molecular complexity index is 751. The standard InChI is InChI=1S/C20H26F2N4O/c1-12-8-13(2)25-20(24-12)23-9-18(19-16(21)6-5-7-17(19)22)26-10-14(3)27-15(4)11-26/h5-8,14-15,18H,9-11H2,1-4H3,(H,23,24,25). The molecule has 3 rings (SSSR count). The quantitative estimate of drug-likeness (QED) is 0.864. The van der Waals surface area contributed by atoms with Gasteiger partial charge in [-0.25, -0.2) is 18.7 Å². The molecule has 1 N–H and O–H groups in total. The molecule has 1 saturated heterocycles. The molecule has 1 aromatic carbocycles. The van der Waals surface area contributed by atoms with Crippen molar-refractivity contribution in [2.24, 2.45) is 0 Å². The number of ether oxygens (including phenoxy) is 1. The van der Waals surface area contributed by atoms with Crippen LogP contribution in [0.3, 0.4) is 0 Å². The van der Waals surface area contributed by atoms with E-state index in [2.05, 4.69) is 20.2 Å². The summed E-state index contributed by atoms with van der Waals surface area (Å²) >= 11 is 0. The maximum absolute atomic E-state index is 14.5. The first-order valence-corrected chi connectivity index (χ1v) is 9.23. The molecular formula is C20H26F2N4O. The Balaban J connectivity index is 1.90. The van der Waals surface area contributed by atoms with Gasteiger partial charge in [0, 0.05) is 36.6 Å². The van der Waals surface area contributed by atoms with Crippen molar-refractivity contribution in [2.45, 2.75) is 45.9 Å². The number of anilines is 1. The zero-order valence-electron chi connectivity index (χ0n) is 16.2. The van der Waals surface area contributed by atoms with E-state index < -0.39 is 17.7 Å². The van der Waals surface area contributed by atoms with Gasteiger partial charge in [0.15, 0.2) is 0 Å². The molecule has 0 amide bonds. The van der Waals surface area contributed by atoms with E-state index in [9.17, 15) is 8.78 Å². The fraction of sp³-hybridized carbons (Fsp3) is 0.500. The molecule has 3 atom stereocenters. The molecule has 0 aliphatic carbocycles. The lowest BCUT2D eigenvalue weighted by atomic mass is 10.0. The SMILES string of the molecule is Cc1cc(C)nc(NCC(c2c(F)cccc2F)N2CC(C)OC(C)C2)n1. The Labute approximate surface area is 158 Å². The minimum atomic E-state index is -0.546. The lowest BCUT2D eigenvalue weighted by molar-refractivity contribution is -0.0801. The van der Waals surface area contributed by atoms with E-state index in [0.717, 1.165) is 11.4 Å². The van der Waals surface area contributed by atoms with Gasteiger partial charge >= 0.3 is 0 Å². The molecule has 1 fully saturated rings. The number of rotatable bonds is 5. The molecule has 1 aromatic heterocycles. The highest BCUT2D eigenvalue weighted by Crippen LogP contribution is 2.29. The van der Waals surface area contributed by atoms with Crippen LogP contribution in [0.1, 0.15) is 36.8 Å².